The molecule has 0 unspecified atom stereocenters. The summed E-state index contributed by atoms with van der Waals surface area (Å²) in [7, 11) is 0. The van der Waals surface area contributed by atoms with Gasteiger partial charge in [-0.25, -0.2) is 4.98 Å². The Labute approximate surface area is 128 Å². The lowest BCUT2D eigenvalue weighted by atomic mass is 10.1. The largest absolute Gasteiger partial charge is 0.355 e. The molecule has 21 heavy (non-hydrogen) atoms. The zero-order valence-corrected chi connectivity index (χ0v) is 12.9. The van der Waals surface area contributed by atoms with Crippen LogP contribution in [-0.4, -0.2) is 30.0 Å². The van der Waals surface area contributed by atoms with Crippen molar-refractivity contribution in [2.24, 2.45) is 0 Å². The van der Waals surface area contributed by atoms with Crippen LogP contribution in [0, 0.1) is 6.92 Å². The third-order valence-electron chi connectivity index (χ3n) is 3.80. The number of nitrogens with zero attached hydrogens (tertiary/aromatic N) is 2. The standard InChI is InChI=1S/C16H19N3OS/c1-12-7-10-21-15(12)16(20)18-13-5-4-9-19(11-13)14-6-2-3-8-17-14/h2-3,6-8,10,13H,4-5,9,11H2,1H3,(H,18,20)/t13-/m1/s1. The van der Waals surface area contributed by atoms with Gasteiger partial charge in [-0.3, -0.25) is 4.79 Å². The first kappa shape index (κ1) is 14.1. The number of carbonyl (C=O) groups excluding carboxylic acids is 1. The highest BCUT2D eigenvalue weighted by molar-refractivity contribution is 7.12. The summed E-state index contributed by atoms with van der Waals surface area (Å²) >= 11 is 1.51. The second-order valence-corrected chi connectivity index (χ2v) is 6.30. The average Bonchev–Trinajstić information content (AvgIpc) is 2.95. The van der Waals surface area contributed by atoms with E-state index in [1.165, 1.54) is 11.3 Å². The van der Waals surface area contributed by atoms with Gasteiger partial charge < -0.3 is 10.2 Å². The van der Waals surface area contributed by atoms with Gasteiger partial charge in [0.2, 0.25) is 0 Å². The van der Waals surface area contributed by atoms with E-state index in [-0.39, 0.29) is 11.9 Å². The van der Waals surface area contributed by atoms with Gasteiger partial charge in [0.1, 0.15) is 5.82 Å². The van der Waals surface area contributed by atoms with Crippen LogP contribution in [0.15, 0.2) is 35.8 Å². The molecule has 0 aromatic carbocycles. The number of carbonyl (C=O) groups is 1. The van der Waals surface area contributed by atoms with Crippen molar-refractivity contribution >= 4 is 23.1 Å². The quantitative estimate of drug-likeness (QED) is 0.948. The van der Waals surface area contributed by atoms with Crippen molar-refractivity contribution in [2.75, 3.05) is 18.0 Å². The van der Waals surface area contributed by atoms with Crippen molar-refractivity contribution in [2.45, 2.75) is 25.8 Å². The minimum absolute atomic E-state index is 0.0513. The molecule has 0 spiro atoms. The Morgan fingerprint density at radius 1 is 1.43 bits per heavy atom. The van der Waals surface area contributed by atoms with E-state index in [2.05, 4.69) is 15.2 Å². The van der Waals surface area contributed by atoms with Crippen molar-refractivity contribution in [3.63, 3.8) is 0 Å². The maximum atomic E-state index is 12.3. The fourth-order valence-corrected chi connectivity index (χ4v) is 3.53. The molecule has 1 saturated heterocycles. The molecular weight excluding hydrogens is 282 g/mol. The molecule has 3 rings (SSSR count). The molecule has 2 aromatic rings. The Bertz CT molecular complexity index is 611. The molecule has 0 radical (unpaired) electrons. The van der Waals surface area contributed by atoms with E-state index in [0.29, 0.717) is 0 Å². The lowest BCUT2D eigenvalue weighted by Gasteiger charge is -2.33. The van der Waals surface area contributed by atoms with Crippen LogP contribution in [0.2, 0.25) is 0 Å². The number of anilines is 1. The monoisotopic (exact) mass is 301 g/mol. The van der Waals surface area contributed by atoms with Crippen molar-refractivity contribution in [3.05, 3.63) is 46.3 Å². The van der Waals surface area contributed by atoms with Crippen LogP contribution in [0.4, 0.5) is 5.82 Å². The van der Waals surface area contributed by atoms with Gasteiger partial charge >= 0.3 is 0 Å². The highest BCUT2D eigenvalue weighted by Gasteiger charge is 2.23. The number of piperidine rings is 1. The number of rotatable bonds is 3. The SMILES string of the molecule is Cc1ccsc1C(=O)N[C@@H]1CCCN(c2ccccn2)C1. The minimum atomic E-state index is 0.0513. The molecule has 1 amide bonds. The second kappa shape index (κ2) is 6.26. The van der Waals surface area contributed by atoms with Gasteiger partial charge in [0.15, 0.2) is 0 Å². The fourth-order valence-electron chi connectivity index (χ4n) is 2.70. The summed E-state index contributed by atoms with van der Waals surface area (Å²) in [4.78, 5) is 19.8. The lowest BCUT2D eigenvalue weighted by Crippen LogP contribution is -2.48. The van der Waals surface area contributed by atoms with Crippen LogP contribution in [0.5, 0.6) is 0 Å². The highest BCUT2D eigenvalue weighted by atomic mass is 32.1. The summed E-state index contributed by atoms with van der Waals surface area (Å²) in [5.74, 6) is 1.04. The Balaban J connectivity index is 1.64. The molecule has 0 aliphatic carbocycles. The van der Waals surface area contributed by atoms with Crippen molar-refractivity contribution in [1.82, 2.24) is 10.3 Å². The molecule has 0 saturated carbocycles. The zero-order chi connectivity index (χ0) is 14.7. The first-order valence-electron chi connectivity index (χ1n) is 7.25. The highest BCUT2D eigenvalue weighted by Crippen LogP contribution is 2.19. The maximum Gasteiger partial charge on any atom is 0.261 e. The maximum absolute atomic E-state index is 12.3. The molecule has 2 aromatic heterocycles. The minimum Gasteiger partial charge on any atom is -0.355 e. The summed E-state index contributed by atoms with van der Waals surface area (Å²) in [6, 6.07) is 8.12. The van der Waals surface area contributed by atoms with Crippen molar-refractivity contribution in [3.8, 4) is 0 Å². The van der Waals surface area contributed by atoms with E-state index < -0.39 is 0 Å². The molecule has 3 heterocycles. The van der Waals surface area contributed by atoms with E-state index in [9.17, 15) is 4.79 Å². The van der Waals surface area contributed by atoms with Crippen LogP contribution >= 0.6 is 11.3 Å². The number of hydrogen-bond acceptors (Lipinski definition) is 4. The fraction of sp³-hybridized carbons (Fsp3) is 0.375. The zero-order valence-electron chi connectivity index (χ0n) is 12.1. The Hall–Kier alpha value is -1.88. The summed E-state index contributed by atoms with van der Waals surface area (Å²) in [6.45, 7) is 3.81. The summed E-state index contributed by atoms with van der Waals surface area (Å²) < 4.78 is 0. The van der Waals surface area contributed by atoms with Gasteiger partial charge in [-0.15, -0.1) is 11.3 Å². The third-order valence-corrected chi connectivity index (χ3v) is 4.81. The number of thiophene rings is 1. The normalized spacial score (nSPS) is 18.5. The number of amides is 1. The van der Waals surface area contributed by atoms with E-state index in [1.807, 2.05) is 42.8 Å². The van der Waals surface area contributed by atoms with Gasteiger partial charge in [-0.05, 0) is 48.9 Å². The first-order valence-corrected chi connectivity index (χ1v) is 8.13. The molecule has 1 aliphatic rings. The second-order valence-electron chi connectivity index (χ2n) is 5.38. The van der Waals surface area contributed by atoms with Crippen LogP contribution in [-0.2, 0) is 0 Å². The van der Waals surface area contributed by atoms with Gasteiger partial charge in [0.25, 0.3) is 5.91 Å². The van der Waals surface area contributed by atoms with E-state index >= 15 is 0 Å². The van der Waals surface area contributed by atoms with Gasteiger partial charge in [-0.1, -0.05) is 6.07 Å². The van der Waals surface area contributed by atoms with Crippen LogP contribution in [0.1, 0.15) is 28.1 Å². The first-order chi connectivity index (χ1) is 10.2. The molecular formula is C16H19N3OS. The molecule has 5 heteroatoms. The number of aromatic nitrogens is 1. The van der Waals surface area contributed by atoms with Crippen molar-refractivity contribution in [1.29, 1.82) is 0 Å². The molecule has 4 nitrogen and oxygen atoms in total. The smallest absolute Gasteiger partial charge is 0.261 e. The number of nitrogens with one attached hydrogen (secondary N) is 1. The number of hydrogen-bond donors (Lipinski definition) is 1. The van der Waals surface area contributed by atoms with Crippen molar-refractivity contribution < 1.29 is 4.79 Å². The van der Waals surface area contributed by atoms with Crippen LogP contribution in [0.3, 0.4) is 0 Å². The Kier molecular flexibility index (Phi) is 4.20. The topological polar surface area (TPSA) is 45.2 Å². The molecule has 1 atom stereocenters. The van der Waals surface area contributed by atoms with Gasteiger partial charge in [0, 0.05) is 25.3 Å². The lowest BCUT2D eigenvalue weighted by molar-refractivity contribution is 0.0936. The average molecular weight is 301 g/mol. The Morgan fingerprint density at radius 3 is 3.05 bits per heavy atom. The van der Waals surface area contributed by atoms with E-state index in [1.54, 1.807) is 0 Å². The summed E-state index contributed by atoms with van der Waals surface area (Å²) in [5.41, 5.74) is 1.05. The molecule has 1 aliphatic heterocycles. The van der Waals surface area contributed by atoms with Gasteiger partial charge in [0.05, 0.1) is 4.88 Å². The summed E-state index contributed by atoms with van der Waals surface area (Å²) in [6.07, 6.45) is 3.91. The predicted molar refractivity (Wildman–Crippen MR) is 86.0 cm³/mol. The van der Waals surface area contributed by atoms with Gasteiger partial charge in [-0.2, -0.15) is 0 Å². The Morgan fingerprint density at radius 2 is 2.33 bits per heavy atom. The van der Waals surface area contributed by atoms with E-state index in [4.69, 9.17) is 0 Å². The number of pyridine rings is 1. The number of aryl methyl sites for hydroxylation is 1. The predicted octanol–water partition coefficient (Wildman–Crippen LogP) is 2.85. The molecule has 1 N–H and O–H groups in total. The van der Waals surface area contributed by atoms with Crippen LogP contribution in [0.25, 0.3) is 0 Å². The summed E-state index contributed by atoms with van der Waals surface area (Å²) in [5, 5.41) is 5.13. The molecule has 110 valence electrons. The molecule has 0 bridgehead atoms. The van der Waals surface area contributed by atoms with Crippen LogP contribution < -0.4 is 10.2 Å². The third kappa shape index (κ3) is 3.24. The van der Waals surface area contributed by atoms with E-state index in [0.717, 1.165) is 42.2 Å². The molecule has 1 fully saturated rings.